The Morgan fingerprint density at radius 1 is 1.17 bits per heavy atom. The minimum absolute atomic E-state index is 0.137. The van der Waals surface area contributed by atoms with E-state index >= 15 is 0 Å². The third kappa shape index (κ3) is 2.89. The summed E-state index contributed by atoms with van der Waals surface area (Å²) in [6, 6.07) is 0.922. The predicted molar refractivity (Wildman–Crippen MR) is 69.0 cm³/mol. The molecular formula is C13H19F2N3. The Bertz CT molecular complexity index is 401. The second kappa shape index (κ2) is 5.98. The van der Waals surface area contributed by atoms with Crippen molar-refractivity contribution >= 4 is 11.6 Å². The van der Waals surface area contributed by atoms with Crippen molar-refractivity contribution in [2.24, 2.45) is 0 Å². The van der Waals surface area contributed by atoms with E-state index in [0.29, 0.717) is 6.54 Å². The van der Waals surface area contributed by atoms with Crippen LogP contribution in [0.25, 0.3) is 0 Å². The van der Waals surface area contributed by atoms with Crippen LogP contribution in [-0.2, 0) is 0 Å². The Balaban J connectivity index is 2.27. The number of nitrogens with zero attached hydrogens (tertiary/aromatic N) is 2. The number of hydrogen-bond acceptors (Lipinski definition) is 3. The largest absolute Gasteiger partial charge is 0.368 e. The third-order valence-electron chi connectivity index (χ3n) is 3.16. The van der Waals surface area contributed by atoms with E-state index in [1.165, 1.54) is 12.8 Å². The van der Waals surface area contributed by atoms with Crippen molar-refractivity contribution in [2.75, 3.05) is 29.9 Å². The molecule has 18 heavy (non-hydrogen) atoms. The van der Waals surface area contributed by atoms with Gasteiger partial charge < -0.3 is 10.2 Å². The zero-order valence-electron chi connectivity index (χ0n) is 10.7. The van der Waals surface area contributed by atoms with E-state index in [1.54, 1.807) is 0 Å². The van der Waals surface area contributed by atoms with Crippen molar-refractivity contribution in [1.29, 1.82) is 0 Å². The summed E-state index contributed by atoms with van der Waals surface area (Å²) in [5, 5.41) is 2.82. The lowest BCUT2D eigenvalue weighted by molar-refractivity contribution is 0.569. The van der Waals surface area contributed by atoms with E-state index in [2.05, 4.69) is 10.3 Å². The fraction of sp³-hybridized carbons (Fsp3) is 0.615. The van der Waals surface area contributed by atoms with Gasteiger partial charge in [0.05, 0.1) is 0 Å². The van der Waals surface area contributed by atoms with Gasteiger partial charge >= 0.3 is 0 Å². The van der Waals surface area contributed by atoms with E-state index in [1.807, 2.05) is 11.8 Å². The summed E-state index contributed by atoms with van der Waals surface area (Å²) < 4.78 is 27.3. The molecule has 1 fully saturated rings. The summed E-state index contributed by atoms with van der Waals surface area (Å²) in [5.74, 6) is -0.795. The Kier molecular flexibility index (Phi) is 4.33. The Hall–Kier alpha value is -1.39. The van der Waals surface area contributed by atoms with Crippen LogP contribution in [0.3, 0.4) is 0 Å². The maximum atomic E-state index is 13.8. The molecule has 1 aromatic rings. The number of nitrogens with one attached hydrogen (secondary N) is 1. The Morgan fingerprint density at radius 2 is 1.83 bits per heavy atom. The normalized spacial score (nSPS) is 16.5. The van der Waals surface area contributed by atoms with Gasteiger partial charge in [-0.1, -0.05) is 12.8 Å². The lowest BCUT2D eigenvalue weighted by Crippen LogP contribution is -2.26. The van der Waals surface area contributed by atoms with E-state index in [9.17, 15) is 8.78 Å². The Morgan fingerprint density at radius 3 is 2.44 bits per heavy atom. The van der Waals surface area contributed by atoms with Crippen LogP contribution >= 0.6 is 0 Å². The molecule has 1 aromatic heterocycles. The minimum Gasteiger partial charge on any atom is -0.368 e. The first kappa shape index (κ1) is 13.1. The average Bonchev–Trinajstić information content (AvgIpc) is 2.61. The molecule has 0 atom stereocenters. The van der Waals surface area contributed by atoms with Gasteiger partial charge in [0.15, 0.2) is 23.3 Å². The van der Waals surface area contributed by atoms with Gasteiger partial charge in [0, 0.05) is 25.7 Å². The first-order valence-electron chi connectivity index (χ1n) is 6.57. The first-order valence-corrected chi connectivity index (χ1v) is 6.57. The van der Waals surface area contributed by atoms with Crippen LogP contribution < -0.4 is 10.2 Å². The van der Waals surface area contributed by atoms with Crippen molar-refractivity contribution < 1.29 is 8.78 Å². The maximum absolute atomic E-state index is 13.8. The van der Waals surface area contributed by atoms with Crippen molar-refractivity contribution in [2.45, 2.75) is 32.6 Å². The van der Waals surface area contributed by atoms with Gasteiger partial charge in [-0.3, -0.25) is 0 Å². The number of hydrogen-bond donors (Lipinski definition) is 1. The molecule has 2 heterocycles. The van der Waals surface area contributed by atoms with Gasteiger partial charge in [0.25, 0.3) is 0 Å². The van der Waals surface area contributed by atoms with Crippen LogP contribution in [0.15, 0.2) is 6.07 Å². The van der Waals surface area contributed by atoms with Crippen LogP contribution in [0.1, 0.15) is 32.6 Å². The summed E-state index contributed by atoms with van der Waals surface area (Å²) >= 11 is 0. The molecule has 0 bridgehead atoms. The molecule has 0 unspecified atom stereocenters. The van der Waals surface area contributed by atoms with Gasteiger partial charge in [-0.25, -0.2) is 13.8 Å². The summed E-state index contributed by atoms with van der Waals surface area (Å²) in [4.78, 5) is 6.01. The number of pyridine rings is 1. The molecule has 1 N–H and O–H groups in total. The quantitative estimate of drug-likeness (QED) is 0.899. The predicted octanol–water partition coefficient (Wildman–Crippen LogP) is 3.17. The number of rotatable bonds is 3. The van der Waals surface area contributed by atoms with Crippen LogP contribution in [-0.4, -0.2) is 24.6 Å². The van der Waals surface area contributed by atoms with Gasteiger partial charge in [-0.05, 0) is 19.8 Å². The second-order valence-electron chi connectivity index (χ2n) is 4.56. The maximum Gasteiger partial charge on any atom is 0.168 e. The molecule has 0 spiro atoms. The highest BCUT2D eigenvalue weighted by atomic mass is 19.1. The molecular weight excluding hydrogens is 236 g/mol. The van der Waals surface area contributed by atoms with E-state index in [-0.39, 0.29) is 11.6 Å². The molecule has 2 rings (SSSR count). The molecule has 0 radical (unpaired) electrons. The number of anilines is 2. The SMILES string of the molecule is CCNc1nc(N2CCCCCC2)c(F)cc1F. The van der Waals surface area contributed by atoms with Gasteiger partial charge in [-0.2, -0.15) is 0 Å². The lowest BCUT2D eigenvalue weighted by Gasteiger charge is -2.22. The molecule has 0 aliphatic carbocycles. The fourth-order valence-electron chi connectivity index (χ4n) is 2.25. The molecule has 3 nitrogen and oxygen atoms in total. The third-order valence-corrected chi connectivity index (χ3v) is 3.16. The molecule has 100 valence electrons. The van der Waals surface area contributed by atoms with Gasteiger partial charge in [-0.15, -0.1) is 0 Å². The monoisotopic (exact) mass is 255 g/mol. The zero-order valence-corrected chi connectivity index (χ0v) is 10.7. The summed E-state index contributed by atoms with van der Waals surface area (Å²) in [6.45, 7) is 4.01. The van der Waals surface area contributed by atoms with Crippen molar-refractivity contribution in [1.82, 2.24) is 4.98 Å². The lowest BCUT2D eigenvalue weighted by atomic mass is 10.2. The van der Waals surface area contributed by atoms with Crippen LogP contribution in [0.4, 0.5) is 20.4 Å². The van der Waals surface area contributed by atoms with Gasteiger partial charge in [0.2, 0.25) is 0 Å². The molecule has 1 aliphatic heterocycles. The number of halogens is 2. The zero-order chi connectivity index (χ0) is 13.0. The highest BCUT2D eigenvalue weighted by Gasteiger charge is 2.18. The number of aromatic nitrogens is 1. The highest BCUT2D eigenvalue weighted by Crippen LogP contribution is 2.24. The second-order valence-corrected chi connectivity index (χ2v) is 4.56. The van der Waals surface area contributed by atoms with Crippen LogP contribution in [0, 0.1) is 11.6 Å². The van der Waals surface area contributed by atoms with Crippen LogP contribution in [0.5, 0.6) is 0 Å². The molecule has 0 aromatic carbocycles. The summed E-state index contributed by atoms with van der Waals surface area (Å²) in [5.41, 5.74) is 0. The smallest absolute Gasteiger partial charge is 0.168 e. The minimum atomic E-state index is -0.632. The molecule has 0 amide bonds. The van der Waals surface area contributed by atoms with Crippen LogP contribution in [0.2, 0.25) is 0 Å². The van der Waals surface area contributed by atoms with E-state index in [0.717, 1.165) is 32.0 Å². The standard InChI is InChI=1S/C13H19F2N3/c1-2-16-12-10(14)9-11(15)13(17-12)18-7-5-3-4-6-8-18/h9H,2-8H2,1H3,(H,16,17). The first-order chi connectivity index (χ1) is 8.72. The topological polar surface area (TPSA) is 28.2 Å². The molecule has 5 heteroatoms. The highest BCUT2D eigenvalue weighted by molar-refractivity contribution is 5.49. The fourth-order valence-corrected chi connectivity index (χ4v) is 2.25. The Labute approximate surface area is 106 Å². The molecule has 1 saturated heterocycles. The van der Waals surface area contributed by atoms with Crippen molar-refractivity contribution in [3.8, 4) is 0 Å². The van der Waals surface area contributed by atoms with Crippen molar-refractivity contribution in [3.05, 3.63) is 17.7 Å². The molecule has 1 aliphatic rings. The van der Waals surface area contributed by atoms with E-state index in [4.69, 9.17) is 0 Å². The molecule has 0 saturated carbocycles. The summed E-state index contributed by atoms with van der Waals surface area (Å²) in [7, 11) is 0. The average molecular weight is 255 g/mol. The van der Waals surface area contributed by atoms with Gasteiger partial charge in [0.1, 0.15) is 0 Å². The summed E-state index contributed by atoms with van der Waals surface area (Å²) in [6.07, 6.45) is 4.41. The van der Waals surface area contributed by atoms with E-state index < -0.39 is 11.6 Å². The van der Waals surface area contributed by atoms with Crippen molar-refractivity contribution in [3.63, 3.8) is 0 Å².